The maximum Gasteiger partial charge on any atom is 0.255 e. The molecule has 1 amide bonds. The number of amides is 1. The second kappa shape index (κ2) is 9.55. The zero-order chi connectivity index (χ0) is 29.1. The van der Waals surface area contributed by atoms with E-state index in [-0.39, 0.29) is 29.7 Å². The third-order valence-corrected chi connectivity index (χ3v) is 8.02. The highest BCUT2D eigenvalue weighted by Crippen LogP contribution is 2.52. The molecule has 10 nitrogen and oxygen atoms in total. The summed E-state index contributed by atoms with van der Waals surface area (Å²) >= 11 is 0. The Morgan fingerprint density at radius 2 is 1.85 bits per heavy atom. The number of primary amides is 1. The molecule has 0 unspecified atom stereocenters. The van der Waals surface area contributed by atoms with Crippen LogP contribution in [0.4, 0.5) is 0 Å². The van der Waals surface area contributed by atoms with Crippen LogP contribution in [0.25, 0.3) is 5.76 Å². The Kier molecular flexibility index (Phi) is 6.45. The van der Waals surface area contributed by atoms with Crippen LogP contribution in [-0.4, -0.2) is 75.6 Å². The van der Waals surface area contributed by atoms with Crippen LogP contribution in [-0.2, 0) is 20.8 Å². The van der Waals surface area contributed by atoms with Crippen LogP contribution in [0.5, 0.6) is 11.5 Å². The Hall–Kier alpha value is -4.59. The van der Waals surface area contributed by atoms with Crippen molar-refractivity contribution in [2.24, 2.45) is 17.6 Å². The lowest BCUT2D eigenvalue weighted by molar-refractivity contribution is -0.153. The van der Waals surface area contributed by atoms with E-state index in [0.717, 1.165) is 0 Å². The van der Waals surface area contributed by atoms with E-state index in [1.165, 1.54) is 11.0 Å². The molecule has 4 atom stereocenters. The molecule has 6 N–H and O–H groups in total. The van der Waals surface area contributed by atoms with Crippen LogP contribution in [0, 0.1) is 23.7 Å². The van der Waals surface area contributed by atoms with Gasteiger partial charge in [-0.3, -0.25) is 19.3 Å². The number of aliphatic hydroxyl groups is 3. The van der Waals surface area contributed by atoms with Crippen LogP contribution >= 0.6 is 0 Å². The topological polar surface area (TPSA) is 171 Å². The number of hydrogen-bond donors (Lipinski definition) is 5. The van der Waals surface area contributed by atoms with Crippen molar-refractivity contribution in [3.8, 4) is 23.3 Å². The fourth-order valence-electron chi connectivity index (χ4n) is 6.20. The van der Waals surface area contributed by atoms with E-state index in [2.05, 4.69) is 11.8 Å². The first-order valence-electron chi connectivity index (χ1n) is 12.6. The molecular weight excluding hydrogens is 516 g/mol. The number of benzene rings is 2. The fourth-order valence-corrected chi connectivity index (χ4v) is 6.20. The summed E-state index contributed by atoms with van der Waals surface area (Å²) in [7, 11) is 4.66. The number of ether oxygens (including phenoxy) is 1. The molecular formula is C30H28N2O8. The number of hydrogen-bond acceptors (Lipinski definition) is 9. The minimum absolute atomic E-state index is 0.00414. The number of fused-ring (bicyclic) bond motifs is 3. The third kappa shape index (κ3) is 3.86. The van der Waals surface area contributed by atoms with Gasteiger partial charge in [-0.1, -0.05) is 17.9 Å². The van der Waals surface area contributed by atoms with Gasteiger partial charge in [0.1, 0.15) is 28.6 Å². The third-order valence-electron chi connectivity index (χ3n) is 8.02. The molecule has 0 spiro atoms. The molecule has 0 heterocycles. The van der Waals surface area contributed by atoms with E-state index in [1.54, 1.807) is 51.5 Å². The molecule has 0 aliphatic heterocycles. The van der Waals surface area contributed by atoms with Crippen molar-refractivity contribution >= 4 is 23.2 Å². The molecule has 40 heavy (non-hydrogen) atoms. The molecule has 1 fully saturated rings. The maximum absolute atomic E-state index is 13.9. The number of methoxy groups -OCH3 is 1. The van der Waals surface area contributed by atoms with E-state index in [0.29, 0.717) is 22.4 Å². The highest BCUT2D eigenvalue weighted by molar-refractivity contribution is 6.24. The zero-order valence-electron chi connectivity index (χ0n) is 22.1. The average molecular weight is 545 g/mol. The number of likely N-dealkylation sites (N-methyl/N-ethyl adjacent to an activating group) is 1. The van der Waals surface area contributed by atoms with E-state index >= 15 is 0 Å². The predicted molar refractivity (Wildman–Crippen MR) is 143 cm³/mol. The number of Topliss-reactive ketones (excluding diaryl/α,β-unsaturated/α-hetero) is 2. The lowest BCUT2D eigenvalue weighted by atomic mass is 9.57. The number of ketones is 2. The lowest BCUT2D eigenvalue weighted by Gasteiger charge is -2.50. The van der Waals surface area contributed by atoms with Crippen molar-refractivity contribution in [3.63, 3.8) is 0 Å². The minimum atomic E-state index is -2.68. The van der Waals surface area contributed by atoms with Gasteiger partial charge in [0.25, 0.3) is 5.91 Å². The molecule has 0 aromatic heterocycles. The van der Waals surface area contributed by atoms with E-state index in [4.69, 9.17) is 10.5 Å². The van der Waals surface area contributed by atoms with Crippen molar-refractivity contribution in [1.29, 1.82) is 0 Å². The highest BCUT2D eigenvalue weighted by Gasteiger charge is 2.64. The fraction of sp³-hybridized carbons (Fsp3) is 0.300. The summed E-state index contributed by atoms with van der Waals surface area (Å²) in [5.41, 5.74) is 3.30. The van der Waals surface area contributed by atoms with Gasteiger partial charge in [0.15, 0.2) is 11.4 Å². The normalized spacial score (nSPS) is 25.6. The van der Waals surface area contributed by atoms with E-state index in [1.807, 2.05) is 0 Å². The number of carbonyl (C=O) groups excluding carboxylic acids is 3. The molecule has 0 saturated heterocycles. The number of nitrogens with two attached hydrogens (primary N) is 1. The summed E-state index contributed by atoms with van der Waals surface area (Å²) in [5.74, 6) is -0.171. The van der Waals surface area contributed by atoms with Gasteiger partial charge >= 0.3 is 0 Å². The molecule has 5 rings (SSSR count). The molecule has 3 aliphatic carbocycles. The standard InChI is InChI=1S/C30H28N2O8/c1-32(2)24-19-13-16-12-18-15(8-7-14-5-4-6-17(11-14)40-3)9-10-20(33)22(18)25(34)21(16)27(36)30(19,39)28(37)23(26(24)35)29(31)38/h4-6,9-11,16,19,24,33-34,37,39H,12-13H2,1-3H3,(H2,31,38)/t16-,19-,24-,30-/m0/s1. The molecule has 1 saturated carbocycles. The van der Waals surface area contributed by atoms with Gasteiger partial charge < -0.3 is 30.9 Å². The van der Waals surface area contributed by atoms with E-state index in [9.17, 15) is 34.8 Å². The molecule has 0 bridgehead atoms. The lowest BCUT2D eigenvalue weighted by Crippen LogP contribution is -2.65. The van der Waals surface area contributed by atoms with Crippen LogP contribution in [0.2, 0.25) is 0 Å². The van der Waals surface area contributed by atoms with Crippen molar-refractivity contribution < 1.29 is 39.5 Å². The molecule has 10 heteroatoms. The predicted octanol–water partition coefficient (Wildman–Crippen LogP) is 1.37. The minimum Gasteiger partial charge on any atom is -0.508 e. The first-order valence-corrected chi connectivity index (χ1v) is 12.6. The second-order valence-corrected chi connectivity index (χ2v) is 10.4. The summed E-state index contributed by atoms with van der Waals surface area (Å²) in [5, 5.41) is 44.6. The number of phenolic OH excluding ortho intramolecular Hbond substituents is 1. The zero-order valence-corrected chi connectivity index (χ0v) is 22.1. The van der Waals surface area contributed by atoms with Crippen LogP contribution in [0.1, 0.15) is 28.7 Å². The van der Waals surface area contributed by atoms with Crippen molar-refractivity contribution in [2.45, 2.75) is 24.5 Å². The van der Waals surface area contributed by atoms with Crippen LogP contribution in [0.15, 0.2) is 53.3 Å². The quantitative estimate of drug-likeness (QED) is 0.283. The molecule has 2 aromatic rings. The first-order chi connectivity index (χ1) is 18.9. The monoisotopic (exact) mass is 544 g/mol. The largest absolute Gasteiger partial charge is 0.508 e. The Morgan fingerprint density at radius 3 is 2.50 bits per heavy atom. The Labute approximate surface area is 230 Å². The summed E-state index contributed by atoms with van der Waals surface area (Å²) in [6, 6.07) is 8.97. The molecule has 2 aromatic carbocycles. The van der Waals surface area contributed by atoms with Gasteiger partial charge in [-0.2, -0.15) is 0 Å². The van der Waals surface area contributed by atoms with Crippen LogP contribution < -0.4 is 10.5 Å². The number of aromatic hydroxyl groups is 1. The number of aliphatic hydroxyl groups excluding tert-OH is 2. The van der Waals surface area contributed by atoms with Crippen molar-refractivity contribution in [3.05, 3.63) is 75.6 Å². The Morgan fingerprint density at radius 1 is 1.12 bits per heavy atom. The Bertz CT molecular complexity index is 1610. The van der Waals surface area contributed by atoms with Crippen molar-refractivity contribution in [1.82, 2.24) is 4.90 Å². The smallest absolute Gasteiger partial charge is 0.255 e. The molecule has 0 radical (unpaired) electrons. The van der Waals surface area contributed by atoms with Gasteiger partial charge in [-0.05, 0) is 68.8 Å². The summed E-state index contributed by atoms with van der Waals surface area (Å²) < 4.78 is 5.24. The number of rotatable bonds is 3. The maximum atomic E-state index is 13.9. The van der Waals surface area contributed by atoms with E-state index < -0.39 is 58.0 Å². The van der Waals surface area contributed by atoms with Gasteiger partial charge in [0.05, 0.1) is 18.7 Å². The van der Waals surface area contributed by atoms with Gasteiger partial charge in [-0.25, -0.2) is 0 Å². The SMILES string of the molecule is COc1cccc(C#Cc2ccc(O)c3c2C[C@H]2C[C@H]4[C@H](N(C)C)C(=O)C(C(N)=O)=C(O)[C@@]4(O)C(=O)C2=C3O)c1. The number of nitrogens with zero attached hydrogens (tertiary/aromatic N) is 1. The summed E-state index contributed by atoms with van der Waals surface area (Å²) in [6.45, 7) is 0. The highest BCUT2D eigenvalue weighted by atomic mass is 16.5. The first kappa shape index (κ1) is 27.0. The van der Waals surface area contributed by atoms with Crippen molar-refractivity contribution in [2.75, 3.05) is 21.2 Å². The summed E-state index contributed by atoms with van der Waals surface area (Å²) in [6.07, 6.45) is 0.162. The number of phenols is 1. The van der Waals surface area contributed by atoms with Gasteiger partial charge in [-0.15, -0.1) is 0 Å². The number of carbonyl (C=O) groups is 3. The average Bonchev–Trinajstić information content (AvgIpc) is 2.90. The molecule has 3 aliphatic rings. The second-order valence-electron chi connectivity index (χ2n) is 10.4. The Balaban J connectivity index is 1.67. The summed E-state index contributed by atoms with van der Waals surface area (Å²) in [4.78, 5) is 40.6. The van der Waals surface area contributed by atoms with Gasteiger partial charge in [0.2, 0.25) is 5.78 Å². The van der Waals surface area contributed by atoms with Gasteiger partial charge in [0, 0.05) is 22.6 Å². The van der Waals surface area contributed by atoms with Crippen LogP contribution in [0.3, 0.4) is 0 Å². The molecule has 206 valence electrons.